The molecule has 3 fully saturated rings. The van der Waals surface area contributed by atoms with Crippen molar-refractivity contribution in [3.63, 3.8) is 0 Å². The van der Waals surface area contributed by atoms with E-state index < -0.39 is 16.6 Å². The van der Waals surface area contributed by atoms with Crippen molar-refractivity contribution in [1.82, 2.24) is 5.32 Å². The lowest BCUT2D eigenvalue weighted by Crippen LogP contribution is -2.55. The molecular formula is C40H69NO4Si2. The molecule has 47 heavy (non-hydrogen) atoms. The van der Waals surface area contributed by atoms with Crippen LogP contribution in [0.2, 0.25) is 36.3 Å². The SMILES string of the molecule is C=C1CC[C@H]2[C@H](CNCc3ccc4c(c3)OCO4)[C@@H]([C@@]3(C)CC[C@H](O[Si](C)(C)C(C)(C)C)C[C@@H]3CO[Si](C)(C)C(C)(C)C)CC[C@]12C. The summed E-state index contributed by atoms with van der Waals surface area (Å²) in [6, 6.07) is 6.38. The van der Waals surface area contributed by atoms with Gasteiger partial charge in [-0.2, -0.15) is 0 Å². The Morgan fingerprint density at radius 2 is 1.57 bits per heavy atom. The van der Waals surface area contributed by atoms with Gasteiger partial charge in [-0.3, -0.25) is 0 Å². The van der Waals surface area contributed by atoms with Gasteiger partial charge in [0.2, 0.25) is 6.79 Å². The van der Waals surface area contributed by atoms with Crippen LogP contribution >= 0.6 is 0 Å². The van der Waals surface area contributed by atoms with Crippen LogP contribution in [0.5, 0.6) is 11.5 Å². The van der Waals surface area contributed by atoms with Crippen molar-refractivity contribution in [3.05, 3.63) is 35.9 Å². The van der Waals surface area contributed by atoms with E-state index in [0.29, 0.717) is 36.6 Å². The van der Waals surface area contributed by atoms with Crippen molar-refractivity contribution in [1.29, 1.82) is 0 Å². The molecule has 0 saturated heterocycles. The Balaban J connectivity index is 1.41. The Morgan fingerprint density at radius 1 is 0.894 bits per heavy atom. The van der Waals surface area contributed by atoms with E-state index in [2.05, 4.69) is 112 Å². The lowest BCUT2D eigenvalue weighted by atomic mass is 9.49. The van der Waals surface area contributed by atoms with Crippen LogP contribution in [0, 0.1) is 34.5 Å². The van der Waals surface area contributed by atoms with E-state index in [4.69, 9.17) is 18.3 Å². The van der Waals surface area contributed by atoms with Crippen LogP contribution in [-0.4, -0.2) is 42.7 Å². The minimum absolute atomic E-state index is 0.202. The van der Waals surface area contributed by atoms with E-state index in [1.165, 1.54) is 49.7 Å². The molecule has 0 unspecified atom stereocenters. The van der Waals surface area contributed by atoms with Crippen LogP contribution in [0.1, 0.15) is 106 Å². The van der Waals surface area contributed by atoms with E-state index in [-0.39, 0.29) is 20.9 Å². The van der Waals surface area contributed by atoms with Gasteiger partial charge in [0, 0.05) is 19.3 Å². The summed E-state index contributed by atoms with van der Waals surface area (Å²) in [6.45, 7) is 36.9. The normalized spacial score (nSPS) is 33.3. The first-order valence-corrected chi connectivity index (χ1v) is 24.6. The predicted molar refractivity (Wildman–Crippen MR) is 201 cm³/mol. The number of hydrogen-bond donors (Lipinski definition) is 1. The molecule has 266 valence electrons. The van der Waals surface area contributed by atoms with Crippen LogP contribution in [0.15, 0.2) is 30.4 Å². The quantitative estimate of drug-likeness (QED) is 0.196. The fourth-order valence-corrected chi connectivity index (χ4v) is 11.5. The number of rotatable bonds is 10. The Labute approximate surface area is 290 Å². The summed E-state index contributed by atoms with van der Waals surface area (Å²) < 4.78 is 25.6. The minimum atomic E-state index is -1.90. The molecule has 1 N–H and O–H groups in total. The number of benzene rings is 1. The molecule has 3 saturated carbocycles. The fraction of sp³-hybridized carbons (Fsp3) is 0.800. The van der Waals surface area contributed by atoms with Gasteiger partial charge < -0.3 is 23.6 Å². The number of fused-ring (bicyclic) bond motifs is 2. The summed E-state index contributed by atoms with van der Waals surface area (Å²) in [4.78, 5) is 0. The van der Waals surface area contributed by atoms with E-state index in [9.17, 15) is 0 Å². The molecular weight excluding hydrogens is 615 g/mol. The molecule has 1 aromatic rings. The summed E-state index contributed by atoms with van der Waals surface area (Å²) in [7, 11) is -3.77. The highest BCUT2D eigenvalue weighted by Crippen LogP contribution is 2.64. The standard InChI is InChI=1S/C40H69NO4Si2/c1-28-14-16-33-32(25-41-24-29-15-17-35-36(22-29)43-27-42-35)34(19-21-39(28,33)8)40(9)20-18-31(45-47(12,13)38(5,6)7)23-30(40)26-44-46(10,11)37(2,3)4/h15,17,22,30-34,41H,1,14,16,18-21,23-27H2,2-13H3/t30-,31+,32+,33+,34+,39-,40+/m1/s1. The van der Waals surface area contributed by atoms with Gasteiger partial charge in [0.15, 0.2) is 28.1 Å². The van der Waals surface area contributed by atoms with Crippen molar-refractivity contribution >= 4 is 16.6 Å². The van der Waals surface area contributed by atoms with Gasteiger partial charge in [0.1, 0.15) is 0 Å². The number of nitrogens with one attached hydrogen (secondary N) is 1. The first-order chi connectivity index (χ1) is 21.7. The molecule has 0 spiro atoms. The summed E-state index contributed by atoms with van der Waals surface area (Å²) in [5, 5.41) is 4.39. The third kappa shape index (κ3) is 7.36. The summed E-state index contributed by atoms with van der Waals surface area (Å²) in [6.07, 6.45) is 8.87. The molecule has 1 aliphatic heterocycles. The molecule has 0 bridgehead atoms. The van der Waals surface area contributed by atoms with Crippen molar-refractivity contribution in [3.8, 4) is 11.5 Å². The average molecular weight is 684 g/mol. The fourth-order valence-electron chi connectivity index (χ4n) is 9.09. The molecule has 0 aromatic heterocycles. The maximum Gasteiger partial charge on any atom is 0.231 e. The molecule has 1 aromatic carbocycles. The highest BCUT2D eigenvalue weighted by Gasteiger charge is 2.57. The summed E-state index contributed by atoms with van der Waals surface area (Å²) >= 11 is 0. The molecule has 0 radical (unpaired) electrons. The Hall–Kier alpha value is -1.13. The van der Waals surface area contributed by atoms with Crippen molar-refractivity contribution in [2.75, 3.05) is 19.9 Å². The summed E-state index contributed by atoms with van der Waals surface area (Å²) in [5.41, 5.74) is 3.23. The first kappa shape index (κ1) is 37.1. The molecule has 7 atom stereocenters. The van der Waals surface area contributed by atoms with Crippen LogP contribution in [-0.2, 0) is 15.4 Å². The average Bonchev–Trinajstić information content (AvgIpc) is 3.55. The maximum atomic E-state index is 7.18. The Bertz CT molecular complexity index is 1280. The highest BCUT2D eigenvalue weighted by molar-refractivity contribution is 6.74. The maximum absolute atomic E-state index is 7.18. The lowest BCUT2D eigenvalue weighted by Gasteiger charge is -2.58. The van der Waals surface area contributed by atoms with Gasteiger partial charge >= 0.3 is 0 Å². The minimum Gasteiger partial charge on any atom is -0.454 e. The smallest absolute Gasteiger partial charge is 0.231 e. The number of hydrogen-bond acceptors (Lipinski definition) is 5. The number of allylic oxidation sites excluding steroid dienone is 1. The van der Waals surface area contributed by atoms with Gasteiger partial charge in [0.25, 0.3) is 0 Å². The number of ether oxygens (including phenoxy) is 2. The van der Waals surface area contributed by atoms with Crippen LogP contribution in [0.3, 0.4) is 0 Å². The summed E-state index contributed by atoms with van der Waals surface area (Å²) in [5.74, 6) is 4.16. The zero-order valence-corrected chi connectivity index (χ0v) is 34.2. The van der Waals surface area contributed by atoms with Crippen LogP contribution < -0.4 is 14.8 Å². The highest BCUT2D eigenvalue weighted by atomic mass is 28.4. The molecule has 5 rings (SSSR count). The Kier molecular flexibility index (Phi) is 10.4. The van der Waals surface area contributed by atoms with Crippen LogP contribution in [0.25, 0.3) is 0 Å². The third-order valence-corrected chi connectivity index (χ3v) is 23.6. The topological polar surface area (TPSA) is 49.0 Å². The molecule has 4 aliphatic rings. The van der Waals surface area contributed by atoms with Crippen molar-refractivity contribution in [2.24, 2.45) is 34.5 Å². The largest absolute Gasteiger partial charge is 0.454 e. The van der Waals surface area contributed by atoms with E-state index in [1.54, 1.807) is 0 Å². The molecule has 1 heterocycles. The van der Waals surface area contributed by atoms with E-state index >= 15 is 0 Å². The molecule has 5 nitrogen and oxygen atoms in total. The Morgan fingerprint density at radius 3 is 2.26 bits per heavy atom. The third-order valence-electron chi connectivity index (χ3n) is 14.6. The zero-order chi connectivity index (χ0) is 34.6. The van der Waals surface area contributed by atoms with Gasteiger partial charge in [-0.25, -0.2) is 0 Å². The predicted octanol–water partition coefficient (Wildman–Crippen LogP) is 10.7. The second-order valence-electron chi connectivity index (χ2n) is 19.3. The second-order valence-corrected chi connectivity index (χ2v) is 28.9. The lowest BCUT2D eigenvalue weighted by molar-refractivity contribution is -0.0897. The van der Waals surface area contributed by atoms with Gasteiger partial charge in [0.05, 0.1) is 0 Å². The zero-order valence-electron chi connectivity index (χ0n) is 32.2. The molecule has 7 heteroatoms. The molecule has 0 amide bonds. The second kappa shape index (κ2) is 13.2. The molecule has 3 aliphatic carbocycles. The van der Waals surface area contributed by atoms with E-state index in [1.807, 2.05) is 0 Å². The van der Waals surface area contributed by atoms with Gasteiger partial charge in [-0.1, -0.05) is 73.6 Å². The van der Waals surface area contributed by atoms with Crippen molar-refractivity contribution < 1.29 is 18.3 Å². The van der Waals surface area contributed by atoms with Gasteiger partial charge in [-0.15, -0.1) is 0 Å². The van der Waals surface area contributed by atoms with Crippen LogP contribution in [0.4, 0.5) is 0 Å². The van der Waals surface area contributed by atoms with E-state index in [0.717, 1.165) is 37.6 Å². The first-order valence-electron chi connectivity index (χ1n) is 18.8. The monoisotopic (exact) mass is 683 g/mol. The van der Waals surface area contributed by atoms with Crippen molar-refractivity contribution in [2.45, 2.75) is 149 Å². The van der Waals surface area contributed by atoms with Gasteiger partial charge in [-0.05, 0) is 140 Å².